The molecule has 1 unspecified atom stereocenters. The van der Waals surface area contributed by atoms with E-state index in [9.17, 15) is 9.59 Å². The summed E-state index contributed by atoms with van der Waals surface area (Å²) in [6.07, 6.45) is 2.84. The van der Waals surface area contributed by atoms with Crippen molar-refractivity contribution in [2.75, 3.05) is 20.3 Å². The molecule has 7 heteroatoms. The summed E-state index contributed by atoms with van der Waals surface area (Å²) in [7, 11) is 1.59. The molecule has 0 bridgehead atoms. The highest BCUT2D eigenvalue weighted by atomic mass is 16.6. The van der Waals surface area contributed by atoms with Gasteiger partial charge in [-0.3, -0.25) is 14.6 Å². The minimum Gasteiger partial charge on any atom is -0.493 e. The van der Waals surface area contributed by atoms with Crippen LogP contribution >= 0.6 is 0 Å². The summed E-state index contributed by atoms with van der Waals surface area (Å²) in [5, 5.41) is 0. The van der Waals surface area contributed by atoms with E-state index in [2.05, 4.69) is 13.8 Å². The highest BCUT2D eigenvalue weighted by Gasteiger charge is 2.46. The third-order valence-electron chi connectivity index (χ3n) is 7.78. The van der Waals surface area contributed by atoms with Crippen molar-refractivity contribution in [2.45, 2.75) is 65.1 Å². The average molecular weight is 532 g/mol. The van der Waals surface area contributed by atoms with Crippen LogP contribution in [0.1, 0.15) is 63.5 Å². The number of carbonyl (C=O) groups is 2. The summed E-state index contributed by atoms with van der Waals surface area (Å²) in [4.78, 5) is 32.0. The van der Waals surface area contributed by atoms with Crippen LogP contribution in [0.4, 0.5) is 0 Å². The Balaban J connectivity index is 1.48. The van der Waals surface area contributed by atoms with Crippen LogP contribution in [0.15, 0.2) is 64.8 Å². The Morgan fingerprint density at radius 1 is 1.10 bits per heavy atom. The van der Waals surface area contributed by atoms with Gasteiger partial charge in [-0.05, 0) is 54.9 Å². The summed E-state index contributed by atoms with van der Waals surface area (Å²) < 4.78 is 23.2. The number of hydrogen-bond donors (Lipinski definition) is 0. The Labute approximate surface area is 230 Å². The Kier molecular flexibility index (Phi) is 7.89. The standard InChI is InChI=1S/C32H37NO6/c1-20-28(31(35)39-19-23-11-8-14-37-23)29(30-24(33-20)16-32(2,3)17-25(30)34)22-12-13-26(27(15-22)36-4)38-18-21-9-6-5-7-10-21/h5-7,9-10,12-13,15,23,28-29H,8,11,14,16-19H2,1-4H3/t23-,28?,29-/m0/s1. The second-order valence-corrected chi connectivity index (χ2v) is 11.5. The van der Waals surface area contributed by atoms with Crippen LogP contribution in [-0.2, 0) is 25.7 Å². The zero-order valence-electron chi connectivity index (χ0n) is 23.2. The van der Waals surface area contributed by atoms with Gasteiger partial charge >= 0.3 is 5.97 Å². The van der Waals surface area contributed by atoms with Crippen molar-refractivity contribution in [1.29, 1.82) is 0 Å². The van der Waals surface area contributed by atoms with Gasteiger partial charge in [0, 0.05) is 35.9 Å². The Morgan fingerprint density at radius 3 is 2.62 bits per heavy atom. The molecule has 0 saturated carbocycles. The van der Waals surface area contributed by atoms with Crippen LogP contribution in [0.3, 0.4) is 0 Å². The average Bonchev–Trinajstić information content (AvgIpc) is 3.43. The minimum absolute atomic E-state index is 0.0304. The number of hydrogen-bond acceptors (Lipinski definition) is 7. The van der Waals surface area contributed by atoms with Gasteiger partial charge in [-0.1, -0.05) is 50.2 Å². The van der Waals surface area contributed by atoms with Crippen molar-refractivity contribution >= 4 is 17.5 Å². The normalized spacial score (nSPS) is 24.2. The fourth-order valence-corrected chi connectivity index (χ4v) is 5.88. The topological polar surface area (TPSA) is 83.4 Å². The van der Waals surface area contributed by atoms with Gasteiger partial charge in [0.1, 0.15) is 19.1 Å². The van der Waals surface area contributed by atoms with E-state index in [1.54, 1.807) is 7.11 Å². The van der Waals surface area contributed by atoms with E-state index in [4.69, 9.17) is 23.9 Å². The molecule has 39 heavy (non-hydrogen) atoms. The molecule has 1 fully saturated rings. The molecule has 1 saturated heterocycles. The molecule has 2 heterocycles. The van der Waals surface area contributed by atoms with Gasteiger partial charge in [0.05, 0.1) is 13.2 Å². The first-order valence-electron chi connectivity index (χ1n) is 13.7. The highest BCUT2D eigenvalue weighted by Crippen LogP contribution is 2.49. The molecule has 7 nitrogen and oxygen atoms in total. The summed E-state index contributed by atoms with van der Waals surface area (Å²) >= 11 is 0. The zero-order valence-corrected chi connectivity index (χ0v) is 23.2. The number of rotatable bonds is 8. The second kappa shape index (κ2) is 11.3. The maximum absolute atomic E-state index is 13.6. The quantitative estimate of drug-likeness (QED) is 0.400. The lowest BCUT2D eigenvalue weighted by Gasteiger charge is -2.39. The predicted molar refractivity (Wildman–Crippen MR) is 148 cm³/mol. The minimum atomic E-state index is -0.712. The molecule has 0 radical (unpaired) electrons. The van der Waals surface area contributed by atoms with E-state index in [1.165, 1.54) is 0 Å². The molecular formula is C32H37NO6. The molecule has 2 aromatic rings. The predicted octanol–water partition coefficient (Wildman–Crippen LogP) is 5.81. The first kappa shape index (κ1) is 27.1. The fourth-order valence-electron chi connectivity index (χ4n) is 5.88. The first-order valence-corrected chi connectivity index (χ1v) is 13.7. The van der Waals surface area contributed by atoms with Crippen molar-refractivity contribution in [1.82, 2.24) is 0 Å². The van der Waals surface area contributed by atoms with E-state index in [0.717, 1.165) is 29.7 Å². The lowest BCUT2D eigenvalue weighted by atomic mass is 9.67. The number of benzene rings is 2. The number of nitrogens with zero attached hydrogens (tertiary/aromatic N) is 1. The Bertz CT molecular complexity index is 1290. The van der Waals surface area contributed by atoms with Crippen LogP contribution in [0.2, 0.25) is 0 Å². The number of ether oxygens (including phenoxy) is 4. The van der Waals surface area contributed by atoms with Gasteiger partial charge in [0.2, 0.25) is 0 Å². The molecule has 206 valence electrons. The van der Waals surface area contributed by atoms with Crippen LogP contribution in [0.5, 0.6) is 11.5 Å². The molecule has 0 aromatic heterocycles. The Hall–Kier alpha value is -3.45. The number of Topliss-reactive ketones (excluding diaryl/α,β-unsaturated/α-hetero) is 1. The van der Waals surface area contributed by atoms with E-state index in [0.29, 0.717) is 48.8 Å². The third kappa shape index (κ3) is 5.93. The summed E-state index contributed by atoms with van der Waals surface area (Å²) in [6.45, 7) is 7.31. The van der Waals surface area contributed by atoms with E-state index in [-0.39, 0.29) is 29.9 Å². The molecule has 3 aliphatic rings. The van der Waals surface area contributed by atoms with Gasteiger partial charge in [-0.15, -0.1) is 0 Å². The van der Waals surface area contributed by atoms with Gasteiger partial charge in [0.15, 0.2) is 17.3 Å². The first-order chi connectivity index (χ1) is 18.8. The van der Waals surface area contributed by atoms with Crippen molar-refractivity contribution in [3.63, 3.8) is 0 Å². The highest BCUT2D eigenvalue weighted by molar-refractivity contribution is 6.09. The SMILES string of the molecule is COc1cc([C@@H]2C3=C(CC(C)(C)CC3=O)N=C(C)C2C(=O)OC[C@@H]2CCCO2)ccc1OCc1ccccc1. The molecule has 0 N–H and O–H groups in total. The third-order valence-corrected chi connectivity index (χ3v) is 7.78. The molecular weight excluding hydrogens is 494 g/mol. The second-order valence-electron chi connectivity index (χ2n) is 11.5. The maximum atomic E-state index is 13.6. The lowest BCUT2D eigenvalue weighted by molar-refractivity contribution is -0.149. The maximum Gasteiger partial charge on any atom is 0.315 e. The molecule has 2 aliphatic heterocycles. The van der Waals surface area contributed by atoms with Crippen molar-refractivity contribution in [3.05, 3.63) is 70.9 Å². The molecule has 0 amide bonds. The molecule has 2 aromatic carbocycles. The molecule has 5 rings (SSSR count). The number of esters is 1. The number of ketones is 1. The van der Waals surface area contributed by atoms with E-state index in [1.807, 2.05) is 55.5 Å². The van der Waals surface area contributed by atoms with E-state index >= 15 is 0 Å². The number of carbonyl (C=O) groups excluding carboxylic acids is 2. The summed E-state index contributed by atoms with van der Waals surface area (Å²) in [6, 6.07) is 15.6. The van der Waals surface area contributed by atoms with Crippen LogP contribution in [-0.4, -0.2) is 43.9 Å². The summed E-state index contributed by atoms with van der Waals surface area (Å²) in [5.74, 6) is -0.451. The van der Waals surface area contributed by atoms with Crippen LogP contribution < -0.4 is 9.47 Å². The summed E-state index contributed by atoms with van der Waals surface area (Å²) in [5.41, 5.74) is 3.69. The molecule has 1 aliphatic carbocycles. The monoisotopic (exact) mass is 531 g/mol. The Morgan fingerprint density at radius 2 is 1.90 bits per heavy atom. The fraction of sp³-hybridized carbons (Fsp3) is 0.469. The van der Waals surface area contributed by atoms with Crippen molar-refractivity contribution in [3.8, 4) is 11.5 Å². The zero-order chi connectivity index (χ0) is 27.6. The number of allylic oxidation sites excluding steroid dienone is 2. The number of methoxy groups -OCH3 is 1. The van der Waals surface area contributed by atoms with Crippen LogP contribution in [0, 0.1) is 11.3 Å². The van der Waals surface area contributed by atoms with Crippen molar-refractivity contribution in [2.24, 2.45) is 16.3 Å². The van der Waals surface area contributed by atoms with Gasteiger partial charge in [0.25, 0.3) is 0 Å². The van der Waals surface area contributed by atoms with Gasteiger partial charge < -0.3 is 18.9 Å². The number of aliphatic imine (C=N–C) groups is 1. The lowest BCUT2D eigenvalue weighted by Crippen LogP contribution is -2.40. The largest absolute Gasteiger partial charge is 0.493 e. The molecule has 0 spiro atoms. The van der Waals surface area contributed by atoms with E-state index < -0.39 is 11.8 Å². The smallest absolute Gasteiger partial charge is 0.315 e. The van der Waals surface area contributed by atoms with Crippen molar-refractivity contribution < 1.29 is 28.5 Å². The van der Waals surface area contributed by atoms with Gasteiger partial charge in [-0.2, -0.15) is 0 Å². The van der Waals surface area contributed by atoms with Gasteiger partial charge in [-0.25, -0.2) is 0 Å². The van der Waals surface area contributed by atoms with Crippen LogP contribution in [0.25, 0.3) is 0 Å². The molecule has 3 atom stereocenters.